The van der Waals surface area contributed by atoms with E-state index in [0.717, 1.165) is 24.3 Å². The summed E-state index contributed by atoms with van der Waals surface area (Å²) in [4.78, 5) is 0. The molecule has 1 aliphatic rings. The summed E-state index contributed by atoms with van der Waals surface area (Å²) in [7, 11) is 0. The highest BCUT2D eigenvalue weighted by atomic mass is 16.3. The summed E-state index contributed by atoms with van der Waals surface area (Å²) in [5.41, 5.74) is 0. The molecule has 0 aromatic heterocycles. The maximum absolute atomic E-state index is 8.94. The van der Waals surface area contributed by atoms with Crippen molar-refractivity contribution in [3.63, 3.8) is 0 Å². The number of hydrogen-bond donors (Lipinski definition) is 2. The standard InChI is InChI=1S/C13H25NO/c1-10(2)13-6-4-12(5-7-13)9-14-8-11(3)15/h10,12-15H,3-9H2,1-2H3. The Morgan fingerprint density at radius 2 is 1.93 bits per heavy atom. The van der Waals surface area contributed by atoms with Gasteiger partial charge in [-0.15, -0.1) is 0 Å². The first-order chi connectivity index (χ1) is 7.09. The molecule has 0 saturated heterocycles. The maximum atomic E-state index is 8.94. The smallest absolute Gasteiger partial charge is 0.0988 e. The second-order valence-electron chi connectivity index (χ2n) is 5.22. The summed E-state index contributed by atoms with van der Waals surface area (Å²) in [6.45, 7) is 9.71. The van der Waals surface area contributed by atoms with Crippen LogP contribution in [0.5, 0.6) is 0 Å². The van der Waals surface area contributed by atoms with Gasteiger partial charge in [-0.1, -0.05) is 20.4 Å². The average molecular weight is 211 g/mol. The Morgan fingerprint density at radius 3 is 2.40 bits per heavy atom. The van der Waals surface area contributed by atoms with Crippen molar-refractivity contribution in [1.29, 1.82) is 0 Å². The number of hydrogen-bond acceptors (Lipinski definition) is 2. The molecule has 1 aliphatic carbocycles. The summed E-state index contributed by atoms with van der Waals surface area (Å²) >= 11 is 0. The molecule has 0 bridgehead atoms. The fourth-order valence-electron chi connectivity index (χ4n) is 2.48. The molecule has 1 saturated carbocycles. The molecule has 0 aliphatic heterocycles. The normalized spacial score (nSPS) is 26.9. The SMILES string of the molecule is C=C(O)CNCC1CCC(C(C)C)CC1. The topological polar surface area (TPSA) is 32.3 Å². The van der Waals surface area contributed by atoms with E-state index in [2.05, 4.69) is 25.7 Å². The lowest BCUT2D eigenvalue weighted by molar-refractivity contribution is 0.220. The highest BCUT2D eigenvalue weighted by Crippen LogP contribution is 2.32. The largest absolute Gasteiger partial charge is 0.512 e. The zero-order valence-electron chi connectivity index (χ0n) is 10.1. The van der Waals surface area contributed by atoms with Gasteiger partial charge in [-0.05, 0) is 50.0 Å². The van der Waals surface area contributed by atoms with Gasteiger partial charge >= 0.3 is 0 Å². The van der Waals surface area contributed by atoms with Crippen molar-refractivity contribution < 1.29 is 5.11 Å². The third-order valence-corrected chi connectivity index (χ3v) is 3.60. The fourth-order valence-corrected chi connectivity index (χ4v) is 2.48. The van der Waals surface area contributed by atoms with Crippen molar-refractivity contribution >= 4 is 0 Å². The van der Waals surface area contributed by atoms with Gasteiger partial charge in [0.15, 0.2) is 0 Å². The number of nitrogens with one attached hydrogen (secondary N) is 1. The van der Waals surface area contributed by atoms with Gasteiger partial charge in [0.1, 0.15) is 0 Å². The molecule has 2 heteroatoms. The number of aliphatic hydroxyl groups is 1. The molecule has 0 aromatic rings. The number of aliphatic hydroxyl groups excluding tert-OH is 1. The van der Waals surface area contributed by atoms with Crippen molar-refractivity contribution in [2.45, 2.75) is 39.5 Å². The summed E-state index contributed by atoms with van der Waals surface area (Å²) < 4.78 is 0. The summed E-state index contributed by atoms with van der Waals surface area (Å²) in [6.07, 6.45) is 5.44. The second kappa shape index (κ2) is 6.16. The molecule has 88 valence electrons. The minimum absolute atomic E-state index is 0.242. The third-order valence-electron chi connectivity index (χ3n) is 3.60. The third kappa shape index (κ3) is 4.70. The summed E-state index contributed by atoms with van der Waals surface area (Å²) in [5.74, 6) is 2.83. The first kappa shape index (κ1) is 12.6. The van der Waals surface area contributed by atoms with Crippen LogP contribution in [0.1, 0.15) is 39.5 Å². The minimum atomic E-state index is 0.242. The lowest BCUT2D eigenvalue weighted by atomic mass is 9.77. The predicted octanol–water partition coefficient (Wildman–Crippen LogP) is 3.11. The molecule has 15 heavy (non-hydrogen) atoms. The molecule has 0 unspecified atom stereocenters. The van der Waals surface area contributed by atoms with Gasteiger partial charge in [0.2, 0.25) is 0 Å². The van der Waals surface area contributed by atoms with Gasteiger partial charge < -0.3 is 10.4 Å². The predicted molar refractivity (Wildman–Crippen MR) is 64.9 cm³/mol. The van der Waals surface area contributed by atoms with Gasteiger partial charge in [-0.3, -0.25) is 0 Å². The Bertz CT molecular complexity index is 193. The highest BCUT2D eigenvalue weighted by Gasteiger charge is 2.22. The Hall–Kier alpha value is -0.500. The van der Waals surface area contributed by atoms with E-state index in [1.165, 1.54) is 25.7 Å². The van der Waals surface area contributed by atoms with Crippen LogP contribution in [-0.4, -0.2) is 18.2 Å². The number of rotatable bonds is 5. The minimum Gasteiger partial charge on any atom is -0.512 e. The zero-order valence-corrected chi connectivity index (χ0v) is 10.1. The quantitative estimate of drug-likeness (QED) is 0.685. The first-order valence-electron chi connectivity index (χ1n) is 6.17. The van der Waals surface area contributed by atoms with Crippen molar-refractivity contribution in [1.82, 2.24) is 5.32 Å². The van der Waals surface area contributed by atoms with Crippen LogP contribution >= 0.6 is 0 Å². The van der Waals surface area contributed by atoms with E-state index >= 15 is 0 Å². The van der Waals surface area contributed by atoms with Gasteiger partial charge in [-0.2, -0.15) is 0 Å². The lowest BCUT2D eigenvalue weighted by Crippen LogP contribution is -2.28. The van der Waals surface area contributed by atoms with Gasteiger partial charge in [0.25, 0.3) is 0 Å². The van der Waals surface area contributed by atoms with Gasteiger partial charge in [0.05, 0.1) is 12.3 Å². The maximum Gasteiger partial charge on any atom is 0.0988 e. The molecule has 0 heterocycles. The van der Waals surface area contributed by atoms with Gasteiger partial charge in [0, 0.05) is 0 Å². The van der Waals surface area contributed by atoms with Crippen LogP contribution in [0.3, 0.4) is 0 Å². The Labute approximate surface area is 93.8 Å². The molecule has 0 spiro atoms. The van der Waals surface area contributed by atoms with E-state index in [4.69, 9.17) is 5.11 Å². The van der Waals surface area contributed by atoms with Crippen molar-refractivity contribution in [3.05, 3.63) is 12.3 Å². The van der Waals surface area contributed by atoms with Crippen LogP contribution in [0, 0.1) is 17.8 Å². The van der Waals surface area contributed by atoms with E-state index in [0.29, 0.717) is 6.54 Å². The van der Waals surface area contributed by atoms with E-state index in [-0.39, 0.29) is 5.76 Å². The molecule has 0 atom stereocenters. The highest BCUT2D eigenvalue weighted by molar-refractivity contribution is 4.83. The van der Waals surface area contributed by atoms with Crippen LogP contribution in [0.25, 0.3) is 0 Å². The average Bonchev–Trinajstić information content (AvgIpc) is 2.18. The Morgan fingerprint density at radius 1 is 1.33 bits per heavy atom. The zero-order chi connectivity index (χ0) is 11.3. The van der Waals surface area contributed by atoms with Crippen molar-refractivity contribution in [2.24, 2.45) is 17.8 Å². The Balaban J connectivity index is 2.12. The molecule has 0 aromatic carbocycles. The second-order valence-corrected chi connectivity index (χ2v) is 5.22. The lowest BCUT2D eigenvalue weighted by Gasteiger charge is -2.30. The Kier molecular flexibility index (Phi) is 5.16. The molecular formula is C13H25NO. The van der Waals surface area contributed by atoms with E-state index < -0.39 is 0 Å². The summed E-state index contributed by atoms with van der Waals surface area (Å²) in [6, 6.07) is 0. The first-order valence-corrected chi connectivity index (χ1v) is 6.17. The molecule has 1 rings (SSSR count). The monoisotopic (exact) mass is 211 g/mol. The van der Waals surface area contributed by atoms with Crippen LogP contribution in [0.15, 0.2) is 12.3 Å². The van der Waals surface area contributed by atoms with Crippen LogP contribution < -0.4 is 5.32 Å². The molecule has 0 amide bonds. The van der Waals surface area contributed by atoms with E-state index in [1.54, 1.807) is 0 Å². The van der Waals surface area contributed by atoms with Crippen LogP contribution in [0.4, 0.5) is 0 Å². The van der Waals surface area contributed by atoms with Gasteiger partial charge in [-0.25, -0.2) is 0 Å². The van der Waals surface area contributed by atoms with E-state index in [1.807, 2.05) is 0 Å². The summed E-state index contributed by atoms with van der Waals surface area (Å²) in [5, 5.41) is 12.2. The van der Waals surface area contributed by atoms with Crippen molar-refractivity contribution in [2.75, 3.05) is 13.1 Å². The van der Waals surface area contributed by atoms with Crippen LogP contribution in [0.2, 0.25) is 0 Å². The van der Waals surface area contributed by atoms with Crippen molar-refractivity contribution in [3.8, 4) is 0 Å². The van der Waals surface area contributed by atoms with Crippen LogP contribution in [-0.2, 0) is 0 Å². The fraction of sp³-hybridized carbons (Fsp3) is 0.846. The molecular weight excluding hydrogens is 186 g/mol. The van der Waals surface area contributed by atoms with E-state index in [9.17, 15) is 0 Å². The molecule has 0 radical (unpaired) electrons. The molecule has 1 fully saturated rings. The molecule has 2 N–H and O–H groups in total. The molecule has 2 nitrogen and oxygen atoms in total.